The first kappa shape index (κ1) is 10.0. The molecule has 0 bridgehead atoms. The van der Waals surface area contributed by atoms with Crippen molar-refractivity contribution in [3.8, 4) is 0 Å². The van der Waals surface area contributed by atoms with E-state index in [2.05, 4.69) is 24.4 Å². The van der Waals surface area contributed by atoms with Gasteiger partial charge in [-0.3, -0.25) is 0 Å². The summed E-state index contributed by atoms with van der Waals surface area (Å²) >= 11 is 6.16. The Labute approximate surface area is 84.2 Å². The molecule has 1 fully saturated rings. The molecule has 0 nitrogen and oxygen atoms in total. The summed E-state index contributed by atoms with van der Waals surface area (Å²) in [4.78, 5) is 1.02. The molecule has 1 saturated heterocycles. The van der Waals surface area contributed by atoms with E-state index in [4.69, 9.17) is 0 Å². The third-order valence-corrected chi connectivity index (χ3v) is 3.04. The maximum atomic E-state index is 4.08. The van der Waals surface area contributed by atoms with E-state index in [9.17, 15) is 0 Å². The minimum atomic E-state index is 1.02. The van der Waals surface area contributed by atoms with E-state index in [1.807, 2.05) is 30.3 Å². The minimum Gasteiger partial charge on any atom is -0.162 e. The topological polar surface area (TPSA) is 0 Å². The molecule has 0 amide bonds. The molecule has 1 heterocycles. The summed E-state index contributed by atoms with van der Waals surface area (Å²) < 4.78 is 0. The summed E-state index contributed by atoms with van der Waals surface area (Å²) in [5.41, 5.74) is 0. The second kappa shape index (κ2) is 6.44. The maximum absolute atomic E-state index is 4.08. The summed E-state index contributed by atoms with van der Waals surface area (Å²) in [6.07, 6.45) is 2.93. The highest BCUT2D eigenvalue weighted by molar-refractivity contribution is 7.99. The monoisotopic (exact) mass is 198 g/mol. The fraction of sp³-hybridized carbons (Fsp3) is 0.400. The fourth-order valence-electron chi connectivity index (χ4n) is 0.938. The molecule has 12 heavy (non-hydrogen) atoms. The van der Waals surface area contributed by atoms with Crippen LogP contribution in [0.25, 0.3) is 0 Å². The van der Waals surface area contributed by atoms with Gasteiger partial charge in [0, 0.05) is 4.90 Å². The lowest BCUT2D eigenvalue weighted by molar-refractivity contribution is 0.949. The van der Waals surface area contributed by atoms with Gasteiger partial charge < -0.3 is 0 Å². The smallest absolute Gasteiger partial charge is 0.00399 e. The lowest BCUT2D eigenvalue weighted by Crippen LogP contribution is -1.58. The average Bonchev–Trinajstić information content (AvgIpc) is 2.62. The van der Waals surface area contributed by atoms with Crippen LogP contribution in [0.2, 0.25) is 0 Å². The summed E-state index contributed by atoms with van der Waals surface area (Å²) in [5, 5.41) is 0. The van der Waals surface area contributed by atoms with Crippen LogP contribution in [0.4, 0.5) is 0 Å². The molecule has 66 valence electrons. The van der Waals surface area contributed by atoms with Crippen molar-refractivity contribution >= 4 is 24.4 Å². The zero-order chi connectivity index (χ0) is 8.65. The second-order valence-corrected chi connectivity index (χ2v) is 4.40. The Morgan fingerprint density at radius 2 is 1.58 bits per heavy atom. The van der Waals surface area contributed by atoms with Gasteiger partial charge in [0.2, 0.25) is 0 Å². The lowest BCUT2D eigenvalue weighted by Gasteiger charge is -1.81. The maximum Gasteiger partial charge on any atom is 0.00399 e. The van der Waals surface area contributed by atoms with Gasteiger partial charge >= 0.3 is 0 Å². The molecule has 0 atom stereocenters. The molecule has 1 aliphatic rings. The Kier molecular flexibility index (Phi) is 5.37. The van der Waals surface area contributed by atoms with Crippen molar-refractivity contribution in [3.05, 3.63) is 30.3 Å². The number of hydrogen-bond donors (Lipinski definition) is 1. The van der Waals surface area contributed by atoms with E-state index in [1.165, 1.54) is 24.3 Å². The van der Waals surface area contributed by atoms with Gasteiger partial charge in [-0.25, -0.2) is 0 Å². The van der Waals surface area contributed by atoms with Crippen LogP contribution in [-0.2, 0) is 0 Å². The summed E-state index contributed by atoms with van der Waals surface area (Å²) in [5.74, 6) is 2.83. The van der Waals surface area contributed by atoms with Crippen molar-refractivity contribution in [1.29, 1.82) is 0 Å². The fourth-order valence-corrected chi connectivity index (χ4v) is 2.13. The highest BCUT2D eigenvalue weighted by atomic mass is 32.2. The third kappa shape index (κ3) is 4.73. The second-order valence-electron chi connectivity index (χ2n) is 2.66. The number of thioether (sulfide) groups is 1. The van der Waals surface area contributed by atoms with Crippen molar-refractivity contribution in [2.45, 2.75) is 17.7 Å². The molecule has 0 N–H and O–H groups in total. The molecule has 1 aromatic rings. The van der Waals surface area contributed by atoms with Crippen molar-refractivity contribution in [3.63, 3.8) is 0 Å². The van der Waals surface area contributed by atoms with Crippen molar-refractivity contribution in [2.75, 3.05) is 11.5 Å². The molecular weight excluding hydrogens is 184 g/mol. The Bertz CT molecular complexity index is 185. The molecule has 0 saturated carbocycles. The van der Waals surface area contributed by atoms with Crippen LogP contribution >= 0.6 is 24.4 Å². The zero-order valence-corrected chi connectivity index (χ0v) is 8.78. The number of rotatable bonds is 0. The Hall–Kier alpha value is -0.0800. The third-order valence-electron chi connectivity index (χ3n) is 1.58. The SMILES string of the molecule is C1CCSC1.Sc1ccccc1. The molecular formula is C10H14S2. The predicted octanol–water partition coefficient (Wildman–Crippen LogP) is 3.49. The first-order chi connectivity index (χ1) is 5.89. The molecule has 0 radical (unpaired) electrons. The number of hydrogen-bond acceptors (Lipinski definition) is 2. The van der Waals surface area contributed by atoms with Crippen LogP contribution in [0.1, 0.15) is 12.8 Å². The number of thiol groups is 1. The normalized spacial score (nSPS) is 15.1. The van der Waals surface area contributed by atoms with Gasteiger partial charge in [-0.15, -0.1) is 12.6 Å². The average molecular weight is 198 g/mol. The standard InChI is InChI=1S/C6H6S.C4H8S/c7-6-4-2-1-3-5-6;1-2-4-5-3-1/h1-5,7H;1-4H2. The van der Waals surface area contributed by atoms with Gasteiger partial charge in [0.1, 0.15) is 0 Å². The van der Waals surface area contributed by atoms with Crippen molar-refractivity contribution in [2.24, 2.45) is 0 Å². The largest absolute Gasteiger partial charge is 0.162 e. The van der Waals surface area contributed by atoms with Gasteiger partial charge in [0.05, 0.1) is 0 Å². The van der Waals surface area contributed by atoms with Gasteiger partial charge in [-0.1, -0.05) is 18.2 Å². The van der Waals surface area contributed by atoms with Crippen LogP contribution in [0.3, 0.4) is 0 Å². The predicted molar refractivity (Wildman–Crippen MR) is 60.3 cm³/mol. The Morgan fingerprint density at radius 3 is 1.83 bits per heavy atom. The first-order valence-electron chi connectivity index (χ1n) is 4.21. The quantitative estimate of drug-likeness (QED) is 0.623. The highest BCUT2D eigenvalue weighted by Gasteiger charge is 1.95. The first-order valence-corrected chi connectivity index (χ1v) is 5.81. The van der Waals surface area contributed by atoms with Crippen molar-refractivity contribution < 1.29 is 0 Å². The van der Waals surface area contributed by atoms with E-state index in [0.29, 0.717) is 0 Å². The van der Waals surface area contributed by atoms with Crippen LogP contribution in [-0.4, -0.2) is 11.5 Å². The van der Waals surface area contributed by atoms with Gasteiger partial charge in [-0.2, -0.15) is 11.8 Å². The van der Waals surface area contributed by atoms with Crippen LogP contribution in [0.15, 0.2) is 35.2 Å². The van der Waals surface area contributed by atoms with E-state index < -0.39 is 0 Å². The molecule has 0 aliphatic carbocycles. The van der Waals surface area contributed by atoms with Gasteiger partial charge in [0.15, 0.2) is 0 Å². The van der Waals surface area contributed by atoms with Crippen LogP contribution in [0.5, 0.6) is 0 Å². The molecule has 1 aromatic carbocycles. The van der Waals surface area contributed by atoms with Gasteiger partial charge in [0.25, 0.3) is 0 Å². The van der Waals surface area contributed by atoms with Crippen molar-refractivity contribution in [1.82, 2.24) is 0 Å². The van der Waals surface area contributed by atoms with Gasteiger partial charge in [-0.05, 0) is 36.5 Å². The van der Waals surface area contributed by atoms with E-state index in [0.717, 1.165) is 4.90 Å². The lowest BCUT2D eigenvalue weighted by atomic mass is 10.4. The summed E-state index contributed by atoms with van der Waals surface area (Å²) in [6.45, 7) is 0. The zero-order valence-electron chi connectivity index (χ0n) is 7.07. The molecule has 1 aliphatic heterocycles. The van der Waals surface area contributed by atoms with E-state index >= 15 is 0 Å². The van der Waals surface area contributed by atoms with E-state index in [-0.39, 0.29) is 0 Å². The Balaban J connectivity index is 0.000000127. The highest BCUT2D eigenvalue weighted by Crippen LogP contribution is 2.14. The molecule has 0 aromatic heterocycles. The molecule has 0 spiro atoms. The minimum absolute atomic E-state index is 1.02. The Morgan fingerprint density at radius 1 is 1.00 bits per heavy atom. The molecule has 0 unspecified atom stereocenters. The summed E-state index contributed by atoms with van der Waals surface area (Å²) in [6, 6.07) is 9.79. The number of benzene rings is 1. The van der Waals surface area contributed by atoms with E-state index in [1.54, 1.807) is 0 Å². The molecule has 2 heteroatoms. The van der Waals surface area contributed by atoms with Crippen LogP contribution in [0, 0.1) is 0 Å². The summed E-state index contributed by atoms with van der Waals surface area (Å²) in [7, 11) is 0. The molecule has 2 rings (SSSR count). The van der Waals surface area contributed by atoms with Crippen LogP contribution < -0.4 is 0 Å².